The summed E-state index contributed by atoms with van der Waals surface area (Å²) in [6, 6.07) is 2.18. The first-order valence-corrected chi connectivity index (χ1v) is 5.49. The first kappa shape index (κ1) is 11.5. The predicted molar refractivity (Wildman–Crippen MR) is 62.1 cm³/mol. The highest BCUT2D eigenvalue weighted by Crippen LogP contribution is 2.20. The van der Waals surface area contributed by atoms with E-state index in [9.17, 15) is 8.78 Å². The van der Waals surface area contributed by atoms with E-state index in [1.165, 1.54) is 12.4 Å². The van der Waals surface area contributed by atoms with Crippen molar-refractivity contribution in [2.75, 3.05) is 0 Å². The van der Waals surface area contributed by atoms with Crippen molar-refractivity contribution in [2.24, 2.45) is 0 Å². The Morgan fingerprint density at radius 1 is 1.31 bits per heavy atom. The van der Waals surface area contributed by atoms with Crippen LogP contribution in [0.4, 0.5) is 8.78 Å². The van der Waals surface area contributed by atoms with Crippen molar-refractivity contribution in [3.63, 3.8) is 0 Å². The van der Waals surface area contributed by atoms with Gasteiger partial charge in [0.1, 0.15) is 5.69 Å². The van der Waals surface area contributed by atoms with Gasteiger partial charge in [0.2, 0.25) is 0 Å². The highest BCUT2D eigenvalue weighted by atomic mass is 127. The van der Waals surface area contributed by atoms with E-state index in [1.807, 2.05) is 22.6 Å². The van der Waals surface area contributed by atoms with Gasteiger partial charge in [-0.2, -0.15) is 5.10 Å². The zero-order chi connectivity index (χ0) is 11.7. The predicted octanol–water partition coefficient (Wildman–Crippen LogP) is 2.25. The van der Waals surface area contributed by atoms with Crippen molar-refractivity contribution in [1.29, 1.82) is 0 Å². The molecule has 0 saturated heterocycles. The zero-order valence-corrected chi connectivity index (χ0v) is 10.1. The van der Waals surface area contributed by atoms with E-state index in [0.717, 1.165) is 20.4 Å². The molecule has 0 aliphatic heterocycles. The quantitative estimate of drug-likeness (QED) is 0.855. The topological polar surface area (TPSA) is 38.0 Å². The molecule has 0 saturated carbocycles. The van der Waals surface area contributed by atoms with Gasteiger partial charge >= 0.3 is 0 Å². The molecule has 0 amide bonds. The van der Waals surface area contributed by atoms with Gasteiger partial charge in [-0.1, -0.05) is 0 Å². The second kappa shape index (κ2) is 4.46. The van der Waals surface area contributed by atoms with Crippen molar-refractivity contribution in [3.05, 3.63) is 45.3 Å². The number of benzene rings is 1. The number of halogens is 3. The van der Waals surface area contributed by atoms with Gasteiger partial charge in [0.15, 0.2) is 11.6 Å². The second-order valence-electron chi connectivity index (χ2n) is 3.17. The molecule has 3 nitrogen and oxygen atoms in total. The molecule has 16 heavy (non-hydrogen) atoms. The van der Waals surface area contributed by atoms with Crippen molar-refractivity contribution < 1.29 is 13.9 Å². The van der Waals surface area contributed by atoms with Gasteiger partial charge in [-0.05, 0) is 40.3 Å². The van der Waals surface area contributed by atoms with Crippen LogP contribution in [0.2, 0.25) is 0 Å². The first-order chi connectivity index (χ1) is 7.61. The van der Waals surface area contributed by atoms with Crippen LogP contribution in [0.15, 0.2) is 24.5 Å². The monoisotopic (exact) mass is 336 g/mol. The summed E-state index contributed by atoms with van der Waals surface area (Å²) in [7, 11) is 0. The molecule has 0 fully saturated rings. The Balaban J connectivity index is 2.57. The average Bonchev–Trinajstić information content (AvgIpc) is 2.63. The summed E-state index contributed by atoms with van der Waals surface area (Å²) in [5, 5.41) is 12.6. The fraction of sp³-hybridized carbons (Fsp3) is 0.100. The fourth-order valence-electron chi connectivity index (χ4n) is 1.35. The molecule has 1 N–H and O–H groups in total. The highest BCUT2D eigenvalue weighted by molar-refractivity contribution is 14.1. The molecule has 1 aromatic heterocycles. The number of nitrogens with zero attached hydrogens (tertiary/aromatic N) is 2. The van der Waals surface area contributed by atoms with Gasteiger partial charge in [0.05, 0.1) is 16.4 Å². The minimum Gasteiger partial charge on any atom is -0.392 e. The van der Waals surface area contributed by atoms with E-state index < -0.39 is 18.2 Å². The lowest BCUT2D eigenvalue weighted by atomic mass is 10.2. The molecule has 1 aromatic carbocycles. The molecule has 84 valence electrons. The van der Waals surface area contributed by atoms with Crippen LogP contribution in [0, 0.1) is 15.2 Å². The van der Waals surface area contributed by atoms with Crippen LogP contribution in [0.25, 0.3) is 5.69 Å². The SMILES string of the molecule is OCc1cc(F)c(-n2cc(I)cn2)c(F)c1. The van der Waals surface area contributed by atoms with Gasteiger partial charge < -0.3 is 5.11 Å². The minimum absolute atomic E-state index is 0.195. The van der Waals surface area contributed by atoms with Gasteiger partial charge in [-0.3, -0.25) is 0 Å². The third-order valence-corrected chi connectivity index (χ3v) is 2.60. The first-order valence-electron chi connectivity index (χ1n) is 4.41. The largest absolute Gasteiger partial charge is 0.392 e. The number of hydrogen-bond acceptors (Lipinski definition) is 2. The van der Waals surface area contributed by atoms with E-state index >= 15 is 0 Å². The van der Waals surface area contributed by atoms with Crippen LogP contribution in [0.5, 0.6) is 0 Å². The second-order valence-corrected chi connectivity index (χ2v) is 4.41. The maximum absolute atomic E-state index is 13.6. The maximum atomic E-state index is 13.6. The lowest BCUT2D eigenvalue weighted by Crippen LogP contribution is -2.03. The third kappa shape index (κ3) is 2.07. The Kier molecular flexibility index (Phi) is 3.20. The molecule has 0 radical (unpaired) electrons. The van der Waals surface area contributed by atoms with Crippen LogP contribution in [0.3, 0.4) is 0 Å². The summed E-state index contributed by atoms with van der Waals surface area (Å²) in [4.78, 5) is 0. The minimum atomic E-state index is -0.747. The summed E-state index contributed by atoms with van der Waals surface area (Å²) in [6.45, 7) is -0.398. The summed E-state index contributed by atoms with van der Waals surface area (Å²) in [6.07, 6.45) is 3.01. The van der Waals surface area contributed by atoms with E-state index in [4.69, 9.17) is 5.11 Å². The number of aromatic nitrogens is 2. The number of hydrogen-bond donors (Lipinski definition) is 1. The van der Waals surface area contributed by atoms with Crippen LogP contribution in [0.1, 0.15) is 5.56 Å². The van der Waals surface area contributed by atoms with Crippen LogP contribution in [-0.4, -0.2) is 14.9 Å². The Hall–Kier alpha value is -1.02. The molecule has 6 heteroatoms. The van der Waals surface area contributed by atoms with E-state index in [2.05, 4.69) is 5.10 Å². The number of aliphatic hydroxyl groups is 1. The van der Waals surface area contributed by atoms with E-state index in [0.29, 0.717) is 0 Å². The standard InChI is InChI=1S/C10H7F2IN2O/c11-8-1-6(5-16)2-9(12)10(8)15-4-7(13)3-14-15/h1-4,16H,5H2. The van der Waals surface area contributed by atoms with Crippen molar-refractivity contribution in [2.45, 2.75) is 6.61 Å². The molecule has 0 atom stereocenters. The Labute approximate surface area is 104 Å². The summed E-state index contributed by atoms with van der Waals surface area (Å²) < 4.78 is 29.1. The number of rotatable bonds is 2. The lowest BCUT2D eigenvalue weighted by Gasteiger charge is -2.06. The van der Waals surface area contributed by atoms with Gasteiger partial charge in [-0.25, -0.2) is 13.5 Å². The van der Waals surface area contributed by atoms with Gasteiger partial charge in [0, 0.05) is 6.20 Å². The summed E-state index contributed by atoms with van der Waals surface area (Å²) >= 11 is 2.00. The molecule has 0 unspecified atom stereocenters. The van der Waals surface area contributed by atoms with Crippen molar-refractivity contribution in [3.8, 4) is 5.69 Å². The van der Waals surface area contributed by atoms with Crippen molar-refractivity contribution >= 4 is 22.6 Å². The smallest absolute Gasteiger partial charge is 0.152 e. The lowest BCUT2D eigenvalue weighted by molar-refractivity contribution is 0.280. The molecule has 0 aliphatic carbocycles. The molecular weight excluding hydrogens is 329 g/mol. The molecular formula is C10H7F2IN2O. The normalized spacial score (nSPS) is 10.8. The molecule has 2 rings (SSSR count). The Morgan fingerprint density at radius 3 is 2.38 bits per heavy atom. The van der Waals surface area contributed by atoms with Crippen LogP contribution < -0.4 is 0 Å². The van der Waals surface area contributed by atoms with Crippen LogP contribution >= 0.6 is 22.6 Å². The fourth-order valence-corrected chi connectivity index (χ4v) is 1.74. The molecule has 0 bridgehead atoms. The molecule has 2 aromatic rings. The van der Waals surface area contributed by atoms with Crippen LogP contribution in [-0.2, 0) is 6.61 Å². The van der Waals surface area contributed by atoms with Crippen molar-refractivity contribution in [1.82, 2.24) is 9.78 Å². The molecule has 0 aliphatic rings. The third-order valence-electron chi connectivity index (χ3n) is 2.04. The number of aliphatic hydroxyl groups excluding tert-OH is 1. The summed E-state index contributed by atoms with van der Waals surface area (Å²) in [5.74, 6) is -1.49. The molecule has 1 heterocycles. The van der Waals surface area contributed by atoms with E-state index in [-0.39, 0.29) is 11.3 Å². The molecule has 0 spiro atoms. The Bertz CT molecular complexity index is 504. The average molecular weight is 336 g/mol. The van der Waals surface area contributed by atoms with E-state index in [1.54, 1.807) is 0 Å². The summed E-state index contributed by atoms with van der Waals surface area (Å²) in [5.41, 5.74) is -0.0410. The zero-order valence-electron chi connectivity index (χ0n) is 7.99. The maximum Gasteiger partial charge on any atom is 0.152 e. The Morgan fingerprint density at radius 2 is 1.94 bits per heavy atom. The van der Waals surface area contributed by atoms with Gasteiger partial charge in [-0.15, -0.1) is 0 Å². The van der Waals surface area contributed by atoms with Gasteiger partial charge in [0.25, 0.3) is 0 Å². The highest BCUT2D eigenvalue weighted by Gasteiger charge is 2.13.